The Morgan fingerprint density at radius 3 is 2.34 bits per heavy atom. The van der Waals surface area contributed by atoms with Crippen LogP contribution in [0.5, 0.6) is 0 Å². The fraction of sp³-hybridized carbons (Fsp3) is 0.333. The summed E-state index contributed by atoms with van der Waals surface area (Å²) in [5.41, 5.74) is 8.86. The van der Waals surface area contributed by atoms with Gasteiger partial charge in [0.15, 0.2) is 5.76 Å². The summed E-state index contributed by atoms with van der Waals surface area (Å²) < 4.78 is 14.9. The highest BCUT2D eigenvalue weighted by molar-refractivity contribution is 6.04. The molecule has 8 nitrogen and oxygen atoms in total. The van der Waals surface area contributed by atoms with Gasteiger partial charge in [-0.2, -0.15) is 0 Å². The lowest BCUT2D eigenvalue weighted by molar-refractivity contribution is -0.113. The molecule has 0 saturated heterocycles. The molecule has 1 aromatic carbocycles. The van der Waals surface area contributed by atoms with Gasteiger partial charge in [0.05, 0.1) is 27.0 Å². The maximum atomic E-state index is 12.1. The largest absolute Gasteiger partial charge is 0.497 e. The van der Waals surface area contributed by atoms with Crippen LogP contribution in [0.3, 0.4) is 0 Å². The van der Waals surface area contributed by atoms with Gasteiger partial charge in [0.1, 0.15) is 11.5 Å². The van der Waals surface area contributed by atoms with E-state index in [-0.39, 0.29) is 5.91 Å². The Labute approximate surface area is 247 Å². The number of rotatable bonds is 7. The second-order valence-electron chi connectivity index (χ2n) is 8.11. The van der Waals surface area contributed by atoms with Crippen LogP contribution >= 0.6 is 0 Å². The summed E-state index contributed by atoms with van der Waals surface area (Å²) in [5, 5.41) is 5.87. The quantitative estimate of drug-likeness (QED) is 0.255. The summed E-state index contributed by atoms with van der Waals surface area (Å²) in [6.07, 6.45) is 15.7. The average Bonchev–Trinajstić information content (AvgIpc) is 3.18. The van der Waals surface area contributed by atoms with E-state index in [0.717, 1.165) is 41.5 Å². The van der Waals surface area contributed by atoms with E-state index in [1.54, 1.807) is 39.7 Å². The molecule has 0 saturated carbocycles. The number of nitrogens with one attached hydrogen (secondary N) is 2. The molecule has 8 heteroatoms. The summed E-state index contributed by atoms with van der Waals surface area (Å²) in [6.45, 7) is 16.2. The molecule has 4 N–H and O–H groups in total. The molecule has 3 rings (SSSR count). The third-order valence-electron chi connectivity index (χ3n) is 4.84. The van der Waals surface area contributed by atoms with Gasteiger partial charge in [-0.05, 0) is 64.1 Å². The van der Waals surface area contributed by atoms with E-state index in [4.69, 9.17) is 9.47 Å². The lowest BCUT2D eigenvalue weighted by atomic mass is 10.2. The lowest BCUT2D eigenvalue weighted by Crippen LogP contribution is -2.31. The number of aliphatic imine (C=N–C) groups is 1. The standard InChI is InChI=1S/C16H17N3O.C10H14O2.C3H8O.C3H6.CH5N/c1-3-4-6-13-7-5-8-14(9-13)19-16(20)15-11-17-12(2)10-18-15;1-8-5-4-6-9(11-2)10(7-8)12-3;1-3-4-2;1-3-2;1-2/h3-9,11,18H,1,10H2,2H3,(H,19,20);4-5,7H,6H2,1-3H3;3H2,1-2H3;3H,1H2,2H3;2H2,1H3/b6-4+;;;;. The van der Waals surface area contributed by atoms with Crippen molar-refractivity contribution < 1.29 is 19.0 Å². The molecule has 0 atom stereocenters. The van der Waals surface area contributed by atoms with E-state index in [0.29, 0.717) is 12.2 Å². The average molecular weight is 567 g/mol. The van der Waals surface area contributed by atoms with Gasteiger partial charge in [-0.15, -0.1) is 6.58 Å². The Balaban J connectivity index is 0. The zero-order valence-electron chi connectivity index (χ0n) is 26.1. The molecule has 0 radical (unpaired) electrons. The van der Waals surface area contributed by atoms with Gasteiger partial charge in [0.2, 0.25) is 0 Å². The third-order valence-corrected chi connectivity index (χ3v) is 4.84. The molecule has 1 heterocycles. The Kier molecular flexibility index (Phi) is 24.8. The molecule has 0 aromatic heterocycles. The zero-order valence-corrected chi connectivity index (χ0v) is 26.1. The summed E-state index contributed by atoms with van der Waals surface area (Å²) in [7, 11) is 6.50. The number of benzene rings is 1. The number of carbonyl (C=O) groups excluding carboxylic acids is 1. The molecule has 1 aliphatic carbocycles. The lowest BCUT2D eigenvalue weighted by Gasteiger charge is -2.14. The maximum Gasteiger partial charge on any atom is 0.273 e. The zero-order chi connectivity index (χ0) is 31.5. The fourth-order valence-corrected chi connectivity index (χ4v) is 2.87. The highest BCUT2D eigenvalue weighted by Crippen LogP contribution is 2.18. The van der Waals surface area contributed by atoms with Crippen molar-refractivity contribution in [3.8, 4) is 0 Å². The highest BCUT2D eigenvalue weighted by atomic mass is 16.5. The van der Waals surface area contributed by atoms with Gasteiger partial charge in [0, 0.05) is 31.5 Å². The first-order valence-electron chi connectivity index (χ1n) is 13.3. The van der Waals surface area contributed by atoms with Gasteiger partial charge in [-0.1, -0.05) is 55.2 Å². The second-order valence-corrected chi connectivity index (χ2v) is 8.11. The first-order chi connectivity index (χ1) is 19.8. The van der Waals surface area contributed by atoms with Crippen molar-refractivity contribution in [3.63, 3.8) is 0 Å². The maximum absolute atomic E-state index is 12.1. The number of nitrogens with two attached hydrogens (primary N) is 1. The first-order valence-corrected chi connectivity index (χ1v) is 13.3. The first kappa shape index (κ1) is 39.0. The summed E-state index contributed by atoms with van der Waals surface area (Å²) >= 11 is 0. The SMILES string of the molecule is C=C/C=C/c1cccc(NC(=O)C2=CN=C(C)CN2)c1.C=CC.CCOC.CN.COC1=C(OC)CC=CC(C)=C1. The van der Waals surface area contributed by atoms with Crippen molar-refractivity contribution in [2.75, 3.05) is 46.8 Å². The van der Waals surface area contributed by atoms with E-state index in [2.05, 4.69) is 51.4 Å². The monoisotopic (exact) mass is 566 g/mol. The van der Waals surface area contributed by atoms with Crippen molar-refractivity contribution >= 4 is 23.4 Å². The number of carbonyl (C=O) groups is 1. The molecule has 0 fully saturated rings. The minimum Gasteiger partial charge on any atom is -0.497 e. The van der Waals surface area contributed by atoms with Crippen LogP contribution in [-0.4, -0.2) is 53.1 Å². The smallest absolute Gasteiger partial charge is 0.273 e. The van der Waals surface area contributed by atoms with Crippen LogP contribution in [0.1, 0.15) is 39.7 Å². The number of ether oxygens (including phenoxy) is 3. The molecule has 1 aromatic rings. The molecular formula is C33H50N4O4. The Hall–Kier alpha value is -4.14. The molecule has 0 spiro atoms. The van der Waals surface area contributed by atoms with Crippen LogP contribution in [0.4, 0.5) is 5.69 Å². The van der Waals surface area contributed by atoms with Crippen LogP contribution in [-0.2, 0) is 19.0 Å². The van der Waals surface area contributed by atoms with Crippen LogP contribution in [0, 0.1) is 0 Å². The van der Waals surface area contributed by atoms with Crippen LogP contribution in [0.15, 0.2) is 108 Å². The predicted molar refractivity (Wildman–Crippen MR) is 176 cm³/mol. The summed E-state index contributed by atoms with van der Waals surface area (Å²) in [6, 6.07) is 7.60. The number of hydrogen-bond acceptors (Lipinski definition) is 7. The Morgan fingerprint density at radius 1 is 1.17 bits per heavy atom. The molecule has 1 aliphatic heterocycles. The summed E-state index contributed by atoms with van der Waals surface area (Å²) in [5.74, 6) is 1.51. The number of allylic oxidation sites excluding steroid dienone is 7. The van der Waals surface area contributed by atoms with Crippen LogP contribution < -0.4 is 16.4 Å². The normalized spacial score (nSPS) is 13.1. The molecule has 226 valence electrons. The second kappa shape index (κ2) is 26.1. The summed E-state index contributed by atoms with van der Waals surface area (Å²) in [4.78, 5) is 16.2. The van der Waals surface area contributed by atoms with Crippen LogP contribution in [0.25, 0.3) is 6.08 Å². The van der Waals surface area contributed by atoms with E-state index in [1.807, 2.05) is 70.2 Å². The van der Waals surface area contributed by atoms with Crippen molar-refractivity contribution in [2.45, 2.75) is 34.1 Å². The molecule has 1 amide bonds. The number of hydrogen-bond donors (Lipinski definition) is 3. The fourth-order valence-electron chi connectivity index (χ4n) is 2.87. The topological polar surface area (TPSA) is 107 Å². The van der Waals surface area contributed by atoms with E-state index in [9.17, 15) is 4.79 Å². The van der Waals surface area contributed by atoms with Crippen LogP contribution in [0.2, 0.25) is 0 Å². The van der Waals surface area contributed by atoms with Crippen molar-refractivity contribution in [3.05, 3.63) is 108 Å². The number of anilines is 1. The van der Waals surface area contributed by atoms with E-state index >= 15 is 0 Å². The Bertz CT molecular complexity index is 1090. The highest BCUT2D eigenvalue weighted by Gasteiger charge is 2.12. The minimum atomic E-state index is -0.189. The minimum absolute atomic E-state index is 0.189. The molecular weight excluding hydrogens is 516 g/mol. The molecule has 0 unspecified atom stereocenters. The predicted octanol–water partition coefficient (Wildman–Crippen LogP) is 6.55. The Morgan fingerprint density at radius 2 is 1.83 bits per heavy atom. The molecule has 41 heavy (non-hydrogen) atoms. The van der Waals surface area contributed by atoms with Gasteiger partial charge >= 0.3 is 0 Å². The third kappa shape index (κ3) is 18.7. The number of amides is 1. The van der Waals surface area contributed by atoms with E-state index in [1.165, 1.54) is 12.6 Å². The van der Waals surface area contributed by atoms with Gasteiger partial charge in [-0.25, -0.2) is 0 Å². The molecule has 0 bridgehead atoms. The van der Waals surface area contributed by atoms with Crippen molar-refractivity contribution in [1.82, 2.24) is 5.32 Å². The number of nitrogens with zero attached hydrogens (tertiary/aromatic N) is 1. The van der Waals surface area contributed by atoms with E-state index < -0.39 is 0 Å². The van der Waals surface area contributed by atoms with Crippen molar-refractivity contribution in [2.24, 2.45) is 10.7 Å². The molecule has 2 aliphatic rings. The van der Waals surface area contributed by atoms with Crippen molar-refractivity contribution in [1.29, 1.82) is 0 Å². The van der Waals surface area contributed by atoms with Gasteiger partial charge in [0.25, 0.3) is 5.91 Å². The van der Waals surface area contributed by atoms with Gasteiger partial charge < -0.3 is 30.6 Å². The van der Waals surface area contributed by atoms with Gasteiger partial charge in [-0.3, -0.25) is 9.79 Å². The number of methoxy groups -OCH3 is 3.